The molecule has 0 spiro atoms. The first-order chi connectivity index (χ1) is 16.2. The molecule has 0 aliphatic heterocycles. The van der Waals surface area contributed by atoms with E-state index in [0.29, 0.717) is 21.5 Å². The molecule has 6 heteroatoms. The Morgan fingerprint density at radius 3 is 2.18 bits per heavy atom. The molecule has 0 N–H and O–H groups in total. The first-order valence-electron chi connectivity index (χ1n) is 10.6. The van der Waals surface area contributed by atoms with Crippen LogP contribution < -0.4 is 4.74 Å². The van der Waals surface area contributed by atoms with E-state index in [0.717, 1.165) is 28.8 Å². The number of halogens is 2. The lowest BCUT2D eigenvalue weighted by molar-refractivity contribution is 0.419. The van der Waals surface area contributed by atoms with Gasteiger partial charge in [0, 0.05) is 18.3 Å². The Hall–Kier alpha value is -3.34. The molecule has 2 aromatic heterocycles. The van der Waals surface area contributed by atoms with Crippen LogP contribution in [0.25, 0.3) is 16.7 Å². The molecule has 0 aliphatic carbocycles. The van der Waals surface area contributed by atoms with Crippen molar-refractivity contribution in [3.05, 3.63) is 118 Å². The number of aromatic nitrogens is 3. The highest BCUT2D eigenvalue weighted by Gasteiger charge is 2.26. The second-order valence-corrected chi connectivity index (χ2v) is 8.55. The molecule has 0 unspecified atom stereocenters. The number of hydrogen-bond donors (Lipinski definition) is 0. The molecule has 0 fully saturated rings. The number of imidazole rings is 1. The summed E-state index contributed by atoms with van der Waals surface area (Å²) in [5, 5.41) is 0.912. The lowest BCUT2D eigenvalue weighted by atomic mass is 9.91. The zero-order chi connectivity index (χ0) is 22.8. The van der Waals surface area contributed by atoms with Crippen LogP contribution in [0.4, 0.5) is 0 Å². The molecule has 3 aromatic carbocycles. The molecular weight excluding hydrogens is 453 g/mol. The highest BCUT2D eigenvalue weighted by Crippen LogP contribution is 2.39. The minimum atomic E-state index is -0.0500. The molecule has 164 valence electrons. The van der Waals surface area contributed by atoms with Gasteiger partial charge in [-0.15, -0.1) is 0 Å². The molecular formula is C27H21Cl2N3O. The van der Waals surface area contributed by atoms with Gasteiger partial charge in [-0.1, -0.05) is 89.9 Å². The molecule has 2 heterocycles. The van der Waals surface area contributed by atoms with Crippen LogP contribution in [-0.4, -0.2) is 21.6 Å². The Morgan fingerprint density at radius 2 is 1.52 bits per heavy atom. The van der Waals surface area contributed by atoms with E-state index in [1.807, 2.05) is 47.0 Å². The predicted octanol–water partition coefficient (Wildman–Crippen LogP) is 7.11. The van der Waals surface area contributed by atoms with Gasteiger partial charge in [-0.05, 0) is 29.7 Å². The normalized spacial score (nSPS) is 12.1. The molecule has 4 nitrogen and oxygen atoms in total. The molecule has 5 rings (SSSR count). The molecule has 0 radical (unpaired) electrons. The summed E-state index contributed by atoms with van der Waals surface area (Å²) in [5.41, 5.74) is 4.65. The van der Waals surface area contributed by atoms with Crippen molar-refractivity contribution in [2.45, 2.75) is 12.3 Å². The Kier molecular flexibility index (Phi) is 6.03. The van der Waals surface area contributed by atoms with E-state index in [-0.39, 0.29) is 5.92 Å². The Morgan fingerprint density at radius 1 is 0.848 bits per heavy atom. The van der Waals surface area contributed by atoms with Gasteiger partial charge >= 0.3 is 0 Å². The first-order valence-corrected chi connectivity index (χ1v) is 11.4. The zero-order valence-corrected chi connectivity index (χ0v) is 19.5. The van der Waals surface area contributed by atoms with E-state index in [1.165, 1.54) is 5.56 Å². The highest BCUT2D eigenvalue weighted by atomic mass is 35.5. The standard InChI is InChI=1S/C27H21Cl2N3O/c1-33-24-14-8-13-23-25(24)31-27(32(23)26-21(28)16-30-17-22(26)29)20(19-11-6-3-7-12-19)15-18-9-4-2-5-10-18/h2-14,16-17,20H,15H2,1H3/t20-/m0/s1. The van der Waals surface area contributed by atoms with Crippen LogP contribution in [0.15, 0.2) is 91.3 Å². The first kappa shape index (κ1) is 21.5. The molecule has 0 saturated carbocycles. The summed E-state index contributed by atoms with van der Waals surface area (Å²) in [6.45, 7) is 0. The van der Waals surface area contributed by atoms with Crippen molar-refractivity contribution in [1.29, 1.82) is 0 Å². The van der Waals surface area contributed by atoms with Crippen LogP contribution in [-0.2, 0) is 6.42 Å². The third kappa shape index (κ3) is 4.08. The van der Waals surface area contributed by atoms with Gasteiger partial charge in [0.05, 0.1) is 28.4 Å². The van der Waals surface area contributed by atoms with E-state index >= 15 is 0 Å². The maximum Gasteiger partial charge on any atom is 0.146 e. The molecule has 0 aliphatic rings. The fourth-order valence-corrected chi connectivity index (χ4v) is 4.77. The fraction of sp³-hybridized carbons (Fsp3) is 0.111. The number of methoxy groups -OCH3 is 1. The third-order valence-electron chi connectivity index (χ3n) is 5.74. The minimum Gasteiger partial charge on any atom is -0.494 e. The summed E-state index contributed by atoms with van der Waals surface area (Å²) in [6, 6.07) is 26.6. The maximum absolute atomic E-state index is 6.65. The topological polar surface area (TPSA) is 39.9 Å². The van der Waals surface area contributed by atoms with Crippen molar-refractivity contribution in [3.8, 4) is 11.4 Å². The van der Waals surface area contributed by atoms with E-state index in [1.54, 1.807) is 19.5 Å². The monoisotopic (exact) mass is 473 g/mol. The van der Waals surface area contributed by atoms with Gasteiger partial charge in [-0.3, -0.25) is 9.55 Å². The van der Waals surface area contributed by atoms with Crippen molar-refractivity contribution in [2.75, 3.05) is 7.11 Å². The summed E-state index contributed by atoms with van der Waals surface area (Å²) in [4.78, 5) is 9.26. The van der Waals surface area contributed by atoms with Crippen molar-refractivity contribution < 1.29 is 4.74 Å². The van der Waals surface area contributed by atoms with E-state index < -0.39 is 0 Å². The lowest BCUT2D eigenvalue weighted by Crippen LogP contribution is -2.13. The maximum atomic E-state index is 6.65. The number of para-hydroxylation sites is 1. The summed E-state index contributed by atoms with van der Waals surface area (Å²) < 4.78 is 7.69. The average molecular weight is 474 g/mol. The Balaban J connectivity index is 1.83. The fourth-order valence-electron chi connectivity index (χ4n) is 4.24. The quantitative estimate of drug-likeness (QED) is 0.263. The minimum absolute atomic E-state index is 0.0500. The van der Waals surface area contributed by atoms with Gasteiger partial charge in [0.15, 0.2) is 0 Å². The SMILES string of the molecule is COc1cccc2c1nc([C@@H](Cc1ccccc1)c1ccccc1)n2-c1c(Cl)cncc1Cl. The second-order valence-electron chi connectivity index (χ2n) is 7.74. The number of hydrogen-bond acceptors (Lipinski definition) is 3. The van der Waals surface area contributed by atoms with Gasteiger partial charge in [0.1, 0.15) is 17.1 Å². The third-order valence-corrected chi connectivity index (χ3v) is 6.30. The van der Waals surface area contributed by atoms with Crippen molar-refractivity contribution in [1.82, 2.24) is 14.5 Å². The van der Waals surface area contributed by atoms with Crippen molar-refractivity contribution in [3.63, 3.8) is 0 Å². The molecule has 1 atom stereocenters. The molecule has 33 heavy (non-hydrogen) atoms. The predicted molar refractivity (Wildman–Crippen MR) is 134 cm³/mol. The zero-order valence-electron chi connectivity index (χ0n) is 18.0. The van der Waals surface area contributed by atoms with E-state index in [4.69, 9.17) is 32.9 Å². The molecule has 0 bridgehead atoms. The van der Waals surface area contributed by atoms with E-state index in [2.05, 4.69) is 41.4 Å². The number of nitrogens with zero attached hydrogens (tertiary/aromatic N) is 3. The number of ether oxygens (including phenoxy) is 1. The smallest absolute Gasteiger partial charge is 0.146 e. The van der Waals surface area contributed by atoms with Gasteiger partial charge in [0.2, 0.25) is 0 Å². The van der Waals surface area contributed by atoms with Crippen LogP contribution >= 0.6 is 23.2 Å². The summed E-state index contributed by atoms with van der Waals surface area (Å²) in [7, 11) is 1.65. The van der Waals surface area contributed by atoms with Crippen LogP contribution in [0.1, 0.15) is 22.9 Å². The molecule has 0 saturated heterocycles. The second kappa shape index (κ2) is 9.26. The number of pyridine rings is 1. The summed E-state index contributed by atoms with van der Waals surface area (Å²) in [5.74, 6) is 1.48. The Labute approximate surface area is 202 Å². The lowest BCUT2D eigenvalue weighted by Gasteiger charge is -2.20. The summed E-state index contributed by atoms with van der Waals surface area (Å²) >= 11 is 13.3. The molecule has 0 amide bonds. The molecule has 5 aromatic rings. The number of rotatable bonds is 6. The van der Waals surface area contributed by atoms with Gasteiger partial charge < -0.3 is 4.74 Å². The van der Waals surface area contributed by atoms with E-state index in [9.17, 15) is 0 Å². The van der Waals surface area contributed by atoms with Crippen LogP contribution in [0.2, 0.25) is 10.0 Å². The van der Waals surface area contributed by atoms with Gasteiger partial charge in [-0.25, -0.2) is 4.98 Å². The largest absolute Gasteiger partial charge is 0.494 e. The highest BCUT2D eigenvalue weighted by molar-refractivity contribution is 6.37. The van der Waals surface area contributed by atoms with Crippen LogP contribution in [0.5, 0.6) is 5.75 Å². The number of fused-ring (bicyclic) bond motifs is 1. The van der Waals surface area contributed by atoms with Crippen molar-refractivity contribution in [2.24, 2.45) is 0 Å². The number of benzene rings is 3. The van der Waals surface area contributed by atoms with Crippen molar-refractivity contribution >= 4 is 34.2 Å². The van der Waals surface area contributed by atoms with Gasteiger partial charge in [0.25, 0.3) is 0 Å². The summed E-state index contributed by atoms with van der Waals surface area (Å²) in [6.07, 6.45) is 3.97. The van der Waals surface area contributed by atoms with Crippen LogP contribution in [0, 0.1) is 0 Å². The average Bonchev–Trinajstić information content (AvgIpc) is 3.23. The van der Waals surface area contributed by atoms with Gasteiger partial charge in [-0.2, -0.15) is 0 Å². The van der Waals surface area contributed by atoms with Crippen LogP contribution in [0.3, 0.4) is 0 Å². The Bertz CT molecular complexity index is 1380.